The van der Waals surface area contributed by atoms with Crippen molar-refractivity contribution in [2.45, 2.75) is 19.9 Å². The molecule has 114 valence electrons. The zero-order valence-corrected chi connectivity index (χ0v) is 12.3. The normalized spacial score (nSPS) is 13.7. The molecule has 0 bridgehead atoms. The fourth-order valence-electron chi connectivity index (χ4n) is 2.29. The zero-order valence-electron chi connectivity index (χ0n) is 12.3. The summed E-state index contributed by atoms with van der Waals surface area (Å²) in [6.45, 7) is 3.81. The van der Waals surface area contributed by atoms with Crippen LogP contribution < -0.4 is 20.3 Å². The van der Waals surface area contributed by atoms with Gasteiger partial charge in [0.15, 0.2) is 11.5 Å². The van der Waals surface area contributed by atoms with Gasteiger partial charge in [0.2, 0.25) is 6.79 Å². The number of ether oxygens (including phenoxy) is 2. The Morgan fingerprint density at radius 2 is 2.00 bits per heavy atom. The van der Waals surface area contributed by atoms with Gasteiger partial charge in [-0.3, -0.25) is 9.59 Å². The average molecular weight is 300 g/mol. The lowest BCUT2D eigenvalue weighted by molar-refractivity contribution is 0.0938. The van der Waals surface area contributed by atoms with Crippen LogP contribution in [0.5, 0.6) is 11.5 Å². The molecule has 0 spiro atoms. The van der Waals surface area contributed by atoms with E-state index in [9.17, 15) is 9.59 Å². The largest absolute Gasteiger partial charge is 0.454 e. The van der Waals surface area contributed by atoms with Gasteiger partial charge in [-0.25, -0.2) is 0 Å². The molecule has 0 saturated heterocycles. The van der Waals surface area contributed by atoms with Crippen molar-refractivity contribution in [2.24, 2.45) is 0 Å². The third-order valence-electron chi connectivity index (χ3n) is 3.54. The van der Waals surface area contributed by atoms with Crippen molar-refractivity contribution in [3.8, 4) is 11.5 Å². The molecule has 1 aliphatic heterocycles. The van der Waals surface area contributed by atoms with Gasteiger partial charge in [0.25, 0.3) is 11.5 Å². The lowest BCUT2D eigenvalue weighted by Gasteiger charge is -2.14. The van der Waals surface area contributed by atoms with E-state index < -0.39 is 11.5 Å². The van der Waals surface area contributed by atoms with Crippen LogP contribution >= 0.6 is 0 Å². The van der Waals surface area contributed by atoms with Crippen LogP contribution in [-0.4, -0.2) is 17.7 Å². The molecule has 2 N–H and O–H groups in total. The Labute approximate surface area is 127 Å². The zero-order chi connectivity index (χ0) is 15.7. The number of hydrogen-bond donors (Lipinski definition) is 2. The summed E-state index contributed by atoms with van der Waals surface area (Å²) < 4.78 is 10.6. The molecule has 1 atom stereocenters. The number of carbonyl (C=O) groups is 1. The summed E-state index contributed by atoms with van der Waals surface area (Å²) in [6.07, 6.45) is 0. The number of rotatable bonds is 3. The van der Waals surface area contributed by atoms with E-state index in [0.717, 1.165) is 5.56 Å². The third kappa shape index (κ3) is 2.67. The molecule has 2 aromatic rings. The Bertz CT molecular complexity index is 782. The molecule has 1 aliphatic rings. The Morgan fingerprint density at radius 3 is 2.77 bits per heavy atom. The molecule has 0 saturated carbocycles. The predicted molar refractivity (Wildman–Crippen MR) is 80.2 cm³/mol. The van der Waals surface area contributed by atoms with Gasteiger partial charge in [-0.2, -0.15) is 0 Å². The highest BCUT2D eigenvalue weighted by Crippen LogP contribution is 2.34. The van der Waals surface area contributed by atoms with Crippen molar-refractivity contribution in [1.82, 2.24) is 10.3 Å². The lowest BCUT2D eigenvalue weighted by atomic mass is 10.1. The minimum absolute atomic E-state index is 0.0955. The quantitative estimate of drug-likeness (QED) is 0.907. The minimum atomic E-state index is -0.411. The Hall–Kier alpha value is -2.76. The van der Waals surface area contributed by atoms with Gasteiger partial charge in [0, 0.05) is 5.69 Å². The number of fused-ring (bicyclic) bond motifs is 1. The van der Waals surface area contributed by atoms with Gasteiger partial charge in [-0.1, -0.05) is 6.07 Å². The molecule has 0 unspecified atom stereocenters. The number of benzene rings is 1. The van der Waals surface area contributed by atoms with Crippen molar-refractivity contribution in [3.63, 3.8) is 0 Å². The van der Waals surface area contributed by atoms with Gasteiger partial charge in [0.1, 0.15) is 5.56 Å². The van der Waals surface area contributed by atoms with Gasteiger partial charge in [0.05, 0.1) is 6.04 Å². The van der Waals surface area contributed by atoms with E-state index in [0.29, 0.717) is 17.2 Å². The van der Waals surface area contributed by atoms with E-state index in [1.807, 2.05) is 19.1 Å². The second-order valence-corrected chi connectivity index (χ2v) is 5.19. The first-order valence-corrected chi connectivity index (χ1v) is 6.95. The van der Waals surface area contributed by atoms with Crippen LogP contribution in [0.2, 0.25) is 0 Å². The topological polar surface area (TPSA) is 80.4 Å². The van der Waals surface area contributed by atoms with Crippen molar-refractivity contribution >= 4 is 5.91 Å². The Balaban J connectivity index is 1.77. The second-order valence-electron chi connectivity index (χ2n) is 5.19. The molecule has 22 heavy (non-hydrogen) atoms. The Kier molecular flexibility index (Phi) is 3.58. The summed E-state index contributed by atoms with van der Waals surface area (Å²) in [7, 11) is 0. The van der Waals surface area contributed by atoms with Crippen LogP contribution in [0.25, 0.3) is 0 Å². The number of aryl methyl sites for hydroxylation is 1. The van der Waals surface area contributed by atoms with Gasteiger partial charge in [-0.15, -0.1) is 0 Å². The van der Waals surface area contributed by atoms with Crippen LogP contribution in [0, 0.1) is 6.92 Å². The van der Waals surface area contributed by atoms with Crippen LogP contribution in [-0.2, 0) is 0 Å². The SMILES string of the molecule is Cc1ccc(C(=O)N[C@H](C)c2ccc3c(c2)OCO3)c(=O)[nH]1. The maximum atomic E-state index is 12.2. The van der Waals surface area contributed by atoms with Crippen molar-refractivity contribution in [1.29, 1.82) is 0 Å². The highest BCUT2D eigenvalue weighted by atomic mass is 16.7. The monoisotopic (exact) mass is 300 g/mol. The standard InChI is InChI=1S/C16H16N2O4/c1-9-3-5-12(15(19)17-9)16(20)18-10(2)11-4-6-13-14(7-11)22-8-21-13/h3-7,10H,8H2,1-2H3,(H,17,19)(H,18,20)/t10-/m1/s1. The molecule has 0 fully saturated rings. The van der Waals surface area contributed by atoms with E-state index in [-0.39, 0.29) is 18.4 Å². The molecule has 1 aromatic heterocycles. The van der Waals surface area contributed by atoms with E-state index in [1.165, 1.54) is 6.07 Å². The van der Waals surface area contributed by atoms with Crippen LogP contribution in [0.4, 0.5) is 0 Å². The first-order chi connectivity index (χ1) is 10.5. The molecular formula is C16H16N2O4. The molecule has 6 heteroatoms. The number of nitrogens with one attached hydrogen (secondary N) is 2. The Morgan fingerprint density at radius 1 is 1.23 bits per heavy atom. The maximum Gasteiger partial charge on any atom is 0.260 e. The van der Waals surface area contributed by atoms with E-state index >= 15 is 0 Å². The van der Waals surface area contributed by atoms with Gasteiger partial charge >= 0.3 is 0 Å². The van der Waals surface area contributed by atoms with Gasteiger partial charge in [-0.05, 0) is 43.7 Å². The highest BCUT2D eigenvalue weighted by Gasteiger charge is 2.18. The molecule has 0 radical (unpaired) electrons. The number of amides is 1. The van der Waals surface area contributed by atoms with Crippen LogP contribution in [0.1, 0.15) is 34.6 Å². The van der Waals surface area contributed by atoms with Crippen molar-refractivity contribution in [3.05, 3.63) is 57.5 Å². The summed E-state index contributed by atoms with van der Waals surface area (Å²) in [6, 6.07) is 8.45. The molecule has 6 nitrogen and oxygen atoms in total. The lowest BCUT2D eigenvalue weighted by Crippen LogP contribution is -2.31. The molecular weight excluding hydrogens is 284 g/mol. The van der Waals surface area contributed by atoms with Crippen molar-refractivity contribution in [2.75, 3.05) is 6.79 Å². The minimum Gasteiger partial charge on any atom is -0.454 e. The number of pyridine rings is 1. The number of hydrogen-bond acceptors (Lipinski definition) is 4. The van der Waals surface area contributed by atoms with E-state index in [2.05, 4.69) is 10.3 Å². The first-order valence-electron chi connectivity index (χ1n) is 6.95. The summed E-state index contributed by atoms with van der Waals surface area (Å²) in [4.78, 5) is 26.6. The molecule has 2 heterocycles. The second kappa shape index (κ2) is 5.55. The number of carbonyl (C=O) groups excluding carboxylic acids is 1. The molecule has 1 amide bonds. The molecule has 1 aromatic carbocycles. The average Bonchev–Trinajstić information content (AvgIpc) is 2.94. The third-order valence-corrected chi connectivity index (χ3v) is 3.54. The van der Waals surface area contributed by atoms with E-state index in [1.54, 1.807) is 19.1 Å². The van der Waals surface area contributed by atoms with E-state index in [4.69, 9.17) is 9.47 Å². The van der Waals surface area contributed by atoms with Crippen LogP contribution in [0.15, 0.2) is 35.1 Å². The van der Waals surface area contributed by atoms with Gasteiger partial charge < -0.3 is 19.8 Å². The van der Waals surface area contributed by atoms with Crippen molar-refractivity contribution < 1.29 is 14.3 Å². The number of H-pyrrole nitrogens is 1. The summed E-state index contributed by atoms with van der Waals surface area (Å²) in [5.41, 5.74) is 1.29. The maximum absolute atomic E-state index is 12.2. The first kappa shape index (κ1) is 14.2. The molecule has 0 aliphatic carbocycles. The molecule has 3 rings (SSSR count). The number of aromatic amines is 1. The smallest absolute Gasteiger partial charge is 0.260 e. The summed E-state index contributed by atoms with van der Waals surface area (Å²) in [5.74, 6) is 0.940. The highest BCUT2D eigenvalue weighted by molar-refractivity contribution is 5.94. The summed E-state index contributed by atoms with van der Waals surface area (Å²) >= 11 is 0. The van der Waals surface area contributed by atoms with Crippen LogP contribution in [0.3, 0.4) is 0 Å². The fourth-order valence-corrected chi connectivity index (χ4v) is 2.29. The fraction of sp³-hybridized carbons (Fsp3) is 0.250. The summed E-state index contributed by atoms with van der Waals surface area (Å²) in [5, 5.41) is 2.81. The predicted octanol–water partition coefficient (Wildman–Crippen LogP) is 1.90. The number of aromatic nitrogens is 1.